The van der Waals surface area contributed by atoms with Crippen LogP contribution in [0.3, 0.4) is 0 Å². The molecule has 1 aliphatic heterocycles. The first-order valence-electron chi connectivity index (χ1n) is 3.17. The summed E-state index contributed by atoms with van der Waals surface area (Å²) in [6.07, 6.45) is 2.82. The quantitative estimate of drug-likeness (QED) is 0.521. The number of Topliss-reactive ketones (excluding diaryl/α,β-unsaturated/α-hetero) is 1. The minimum atomic E-state index is -0.813. The Hall–Kier alpha value is -1.45. The highest BCUT2D eigenvalue weighted by Crippen LogP contribution is 2.07. The van der Waals surface area contributed by atoms with Gasteiger partial charge in [0.25, 0.3) is 0 Å². The molecule has 0 fully saturated rings. The third-order valence-electron chi connectivity index (χ3n) is 1.49. The van der Waals surface area contributed by atoms with E-state index >= 15 is 0 Å². The van der Waals surface area contributed by atoms with E-state index in [9.17, 15) is 9.59 Å². The monoisotopic (exact) mass is 152 g/mol. The van der Waals surface area contributed by atoms with Gasteiger partial charge in [0.15, 0.2) is 5.78 Å². The zero-order valence-electron chi connectivity index (χ0n) is 6.07. The first kappa shape index (κ1) is 7.65. The first-order valence-corrected chi connectivity index (χ1v) is 3.17. The van der Waals surface area contributed by atoms with Crippen molar-refractivity contribution in [2.45, 2.75) is 6.92 Å². The van der Waals surface area contributed by atoms with Crippen molar-refractivity contribution < 1.29 is 9.59 Å². The molecule has 0 aromatic carbocycles. The lowest BCUT2D eigenvalue weighted by Crippen LogP contribution is -2.33. The van der Waals surface area contributed by atoms with Crippen LogP contribution in [0, 0.1) is 5.92 Å². The molecule has 1 unspecified atom stereocenters. The van der Waals surface area contributed by atoms with Gasteiger partial charge in [-0.2, -0.15) is 0 Å². The average Bonchev–Trinajstić information content (AvgIpc) is 1.94. The Kier molecular flexibility index (Phi) is 1.85. The predicted molar refractivity (Wildman–Crippen MR) is 39.9 cm³/mol. The van der Waals surface area contributed by atoms with Gasteiger partial charge in [0, 0.05) is 6.20 Å². The summed E-state index contributed by atoms with van der Waals surface area (Å²) in [6.45, 7) is 1.56. The van der Waals surface area contributed by atoms with E-state index in [1.807, 2.05) is 0 Å². The molecule has 0 spiro atoms. The molecule has 1 amide bonds. The maximum Gasteiger partial charge on any atom is 0.232 e. The summed E-state index contributed by atoms with van der Waals surface area (Å²) in [5.41, 5.74) is 5.28. The lowest BCUT2D eigenvalue weighted by molar-refractivity contribution is -0.126. The van der Waals surface area contributed by atoms with Crippen LogP contribution in [0.15, 0.2) is 17.3 Å². The van der Waals surface area contributed by atoms with Crippen molar-refractivity contribution in [3.63, 3.8) is 0 Å². The number of amides is 1. The van der Waals surface area contributed by atoms with Gasteiger partial charge in [-0.15, -0.1) is 0 Å². The summed E-state index contributed by atoms with van der Waals surface area (Å²) < 4.78 is 0. The summed E-state index contributed by atoms with van der Waals surface area (Å²) in [5, 5.41) is 0. The molecule has 4 nitrogen and oxygen atoms in total. The van der Waals surface area contributed by atoms with Crippen molar-refractivity contribution >= 4 is 17.4 Å². The Labute approximate surface area is 63.8 Å². The molecular formula is C7H8N2O2. The molecule has 2 N–H and O–H groups in total. The molecule has 58 valence electrons. The number of nitrogens with zero attached hydrogens (tertiary/aromatic N) is 1. The van der Waals surface area contributed by atoms with Crippen molar-refractivity contribution in [3.8, 4) is 0 Å². The normalized spacial score (nSPS) is 23.2. The van der Waals surface area contributed by atoms with Crippen LogP contribution in [0.25, 0.3) is 0 Å². The van der Waals surface area contributed by atoms with E-state index in [2.05, 4.69) is 4.99 Å². The number of ketones is 1. The summed E-state index contributed by atoms with van der Waals surface area (Å²) in [5.74, 6) is -1.74. The van der Waals surface area contributed by atoms with Gasteiger partial charge >= 0.3 is 0 Å². The first-order chi connectivity index (χ1) is 5.13. The van der Waals surface area contributed by atoms with E-state index < -0.39 is 11.8 Å². The molecule has 0 aromatic heterocycles. The minimum absolute atomic E-state index is 0.306. The van der Waals surface area contributed by atoms with Crippen LogP contribution in [-0.4, -0.2) is 17.4 Å². The second-order valence-corrected chi connectivity index (χ2v) is 2.30. The molecule has 0 bridgehead atoms. The molecule has 1 heterocycles. The van der Waals surface area contributed by atoms with E-state index in [0.717, 1.165) is 0 Å². The second-order valence-electron chi connectivity index (χ2n) is 2.30. The van der Waals surface area contributed by atoms with Crippen LogP contribution in [-0.2, 0) is 9.59 Å². The number of carbonyl (C=O) groups excluding carboxylic acids is 2. The lowest BCUT2D eigenvalue weighted by Gasteiger charge is -2.09. The summed E-state index contributed by atoms with van der Waals surface area (Å²) >= 11 is 0. The van der Waals surface area contributed by atoms with Crippen molar-refractivity contribution in [2.24, 2.45) is 16.6 Å². The van der Waals surface area contributed by atoms with Gasteiger partial charge in [0.1, 0.15) is 5.92 Å². The van der Waals surface area contributed by atoms with Gasteiger partial charge in [0.05, 0.1) is 5.71 Å². The fourth-order valence-electron chi connectivity index (χ4n) is 0.841. The molecule has 11 heavy (non-hydrogen) atoms. The fraction of sp³-hybridized carbons (Fsp3) is 0.286. The van der Waals surface area contributed by atoms with Crippen molar-refractivity contribution in [2.75, 3.05) is 0 Å². The summed E-state index contributed by atoms with van der Waals surface area (Å²) in [4.78, 5) is 25.4. The van der Waals surface area contributed by atoms with E-state index in [0.29, 0.717) is 5.71 Å². The maximum absolute atomic E-state index is 11.1. The van der Waals surface area contributed by atoms with E-state index in [1.54, 1.807) is 6.92 Å². The fourth-order valence-corrected chi connectivity index (χ4v) is 0.841. The van der Waals surface area contributed by atoms with Crippen LogP contribution >= 0.6 is 0 Å². The predicted octanol–water partition coefficient (Wildman–Crippen LogP) is -0.355. The van der Waals surface area contributed by atoms with Crippen LogP contribution < -0.4 is 5.73 Å². The van der Waals surface area contributed by atoms with Crippen molar-refractivity contribution in [1.82, 2.24) is 0 Å². The smallest absolute Gasteiger partial charge is 0.232 e. The summed E-state index contributed by atoms with van der Waals surface area (Å²) in [7, 11) is 0. The molecular weight excluding hydrogens is 144 g/mol. The molecule has 0 saturated heterocycles. The van der Waals surface area contributed by atoms with E-state index in [1.165, 1.54) is 12.3 Å². The van der Waals surface area contributed by atoms with Crippen molar-refractivity contribution in [3.05, 3.63) is 12.3 Å². The zero-order chi connectivity index (χ0) is 8.43. The molecule has 0 aromatic rings. The highest BCUT2D eigenvalue weighted by atomic mass is 16.2. The number of primary amides is 1. The number of hydrogen-bond donors (Lipinski definition) is 1. The zero-order valence-corrected chi connectivity index (χ0v) is 6.07. The maximum atomic E-state index is 11.1. The Bertz CT molecular complexity index is 266. The molecule has 1 rings (SSSR count). The number of carbonyl (C=O) groups is 2. The average molecular weight is 152 g/mol. The van der Waals surface area contributed by atoms with Crippen LogP contribution in [0.5, 0.6) is 0 Å². The Balaban J connectivity index is 2.90. The van der Waals surface area contributed by atoms with Gasteiger partial charge in [-0.05, 0) is 13.0 Å². The topological polar surface area (TPSA) is 72.5 Å². The van der Waals surface area contributed by atoms with Crippen molar-refractivity contribution in [1.29, 1.82) is 0 Å². The Morgan fingerprint density at radius 1 is 1.73 bits per heavy atom. The standard InChI is InChI=1S/C7H8N2O2/c1-4-6(10)5(7(8)11)2-3-9-4/h2-3,5H,1H3,(H2,8,11). The molecule has 0 radical (unpaired) electrons. The van der Waals surface area contributed by atoms with Crippen LogP contribution in [0.2, 0.25) is 0 Å². The highest BCUT2D eigenvalue weighted by molar-refractivity contribution is 6.43. The third-order valence-corrected chi connectivity index (χ3v) is 1.49. The number of rotatable bonds is 1. The van der Waals surface area contributed by atoms with E-state index in [-0.39, 0.29) is 5.78 Å². The van der Waals surface area contributed by atoms with Gasteiger partial charge in [-0.1, -0.05) is 0 Å². The second kappa shape index (κ2) is 2.65. The molecule has 1 aliphatic rings. The highest BCUT2D eigenvalue weighted by Gasteiger charge is 2.25. The third kappa shape index (κ3) is 1.34. The molecule has 0 aliphatic carbocycles. The number of nitrogens with two attached hydrogens (primary N) is 1. The minimum Gasteiger partial charge on any atom is -0.369 e. The van der Waals surface area contributed by atoms with Gasteiger partial charge < -0.3 is 5.73 Å². The largest absolute Gasteiger partial charge is 0.369 e. The Morgan fingerprint density at radius 3 is 2.82 bits per heavy atom. The van der Waals surface area contributed by atoms with Crippen LogP contribution in [0.1, 0.15) is 6.92 Å². The van der Waals surface area contributed by atoms with Gasteiger partial charge in [0.2, 0.25) is 5.91 Å². The number of aliphatic imine (C=N–C) groups is 1. The van der Waals surface area contributed by atoms with Gasteiger partial charge in [-0.25, -0.2) is 0 Å². The molecule has 1 atom stereocenters. The van der Waals surface area contributed by atoms with Crippen LogP contribution in [0.4, 0.5) is 0 Å². The summed E-state index contributed by atoms with van der Waals surface area (Å²) in [6, 6.07) is 0. The molecule has 4 heteroatoms. The van der Waals surface area contributed by atoms with E-state index in [4.69, 9.17) is 5.73 Å². The Morgan fingerprint density at radius 2 is 2.36 bits per heavy atom. The molecule has 0 saturated carbocycles. The number of hydrogen-bond acceptors (Lipinski definition) is 3. The lowest BCUT2D eigenvalue weighted by atomic mass is 9.98. The van der Waals surface area contributed by atoms with Gasteiger partial charge in [-0.3, -0.25) is 14.6 Å². The SMILES string of the molecule is CC1=NC=CC(C(N)=O)C1=O.